The third-order valence-corrected chi connectivity index (χ3v) is 5.35. The van der Waals surface area contributed by atoms with Crippen LogP contribution in [0.3, 0.4) is 0 Å². The van der Waals surface area contributed by atoms with Gasteiger partial charge in [0.25, 0.3) is 5.56 Å². The lowest BCUT2D eigenvalue weighted by Gasteiger charge is -2.21. The second-order valence-corrected chi connectivity index (χ2v) is 7.69. The molecule has 1 fully saturated rings. The average molecular weight is 410 g/mol. The number of aromatic nitrogens is 3. The Morgan fingerprint density at radius 1 is 1.50 bits per heavy atom. The number of aromatic amines is 1. The Hall–Kier alpha value is -2.66. The fourth-order valence-corrected chi connectivity index (χ4v) is 4.15. The van der Waals surface area contributed by atoms with Crippen LogP contribution in [-0.4, -0.2) is 37.8 Å². The Kier molecular flexibility index (Phi) is 5.84. The maximum absolute atomic E-state index is 12.6. The van der Waals surface area contributed by atoms with Crippen LogP contribution >= 0.6 is 11.3 Å². The maximum atomic E-state index is 12.6. The number of allylic oxidation sites excluding steroid dienone is 1. The van der Waals surface area contributed by atoms with E-state index in [9.17, 15) is 14.4 Å². The number of thiazole rings is 1. The van der Waals surface area contributed by atoms with Crippen molar-refractivity contribution in [3.8, 4) is 0 Å². The summed E-state index contributed by atoms with van der Waals surface area (Å²) in [5.41, 5.74) is 5.31. The third-order valence-electron chi connectivity index (χ3n) is 4.41. The zero-order valence-electron chi connectivity index (χ0n) is 15.3. The lowest BCUT2D eigenvalue weighted by Crippen LogP contribution is -2.29. The van der Waals surface area contributed by atoms with Crippen LogP contribution in [0.4, 0.5) is 5.95 Å². The number of ether oxygens (including phenoxy) is 2. The van der Waals surface area contributed by atoms with Crippen LogP contribution in [0.15, 0.2) is 21.9 Å². The van der Waals surface area contributed by atoms with Gasteiger partial charge >= 0.3 is 10.8 Å². The minimum atomic E-state index is -0.834. The van der Waals surface area contributed by atoms with E-state index >= 15 is 0 Å². The molecular formula is C17H22N4O6S. The van der Waals surface area contributed by atoms with Crippen LogP contribution in [0, 0.1) is 0 Å². The van der Waals surface area contributed by atoms with Gasteiger partial charge in [-0.15, -0.1) is 0 Å². The second kappa shape index (κ2) is 8.15. The topological polar surface area (TPSA) is 150 Å². The third kappa shape index (κ3) is 4.25. The quantitative estimate of drug-likeness (QED) is 0.438. The number of anilines is 1. The summed E-state index contributed by atoms with van der Waals surface area (Å²) in [4.78, 5) is 41.4. The van der Waals surface area contributed by atoms with Gasteiger partial charge in [0.2, 0.25) is 5.95 Å². The number of nitrogens with two attached hydrogens (primary N) is 1. The summed E-state index contributed by atoms with van der Waals surface area (Å²) in [6.45, 7) is 5.45. The van der Waals surface area contributed by atoms with E-state index in [1.807, 2.05) is 0 Å². The number of unbranched alkanes of at least 4 members (excludes halogenated alkanes) is 1. The molecule has 0 aliphatic carbocycles. The number of H-pyrrole nitrogens is 1. The monoisotopic (exact) mass is 410 g/mol. The van der Waals surface area contributed by atoms with Crippen LogP contribution < -0.4 is 16.2 Å². The lowest BCUT2D eigenvalue weighted by atomic mass is 10.1. The number of carboxylic acids is 1. The van der Waals surface area contributed by atoms with Crippen LogP contribution in [0.2, 0.25) is 0 Å². The summed E-state index contributed by atoms with van der Waals surface area (Å²) in [5, 5.41) is 8.75. The fourth-order valence-electron chi connectivity index (χ4n) is 3.31. The zero-order valence-corrected chi connectivity index (χ0v) is 16.2. The number of hydrogen-bond acceptors (Lipinski definition) is 8. The molecule has 0 spiro atoms. The first kappa shape index (κ1) is 20.1. The number of nitrogens with zero attached hydrogens (tertiary/aromatic N) is 2. The van der Waals surface area contributed by atoms with Gasteiger partial charge in [0, 0.05) is 12.8 Å². The lowest BCUT2D eigenvalue weighted by molar-refractivity contribution is -0.137. The molecule has 0 amide bonds. The molecule has 1 saturated heterocycles. The van der Waals surface area contributed by atoms with Crippen molar-refractivity contribution in [2.24, 2.45) is 0 Å². The van der Waals surface area contributed by atoms with Crippen LogP contribution in [-0.2, 0) is 14.3 Å². The minimum absolute atomic E-state index is 0.0929. The number of aliphatic carboxylic acids is 1. The SMILES string of the molecule is C=C(C)OC1C[C@@H](CCCCC(=O)O)O[C@H]1n1c(=O)sc2c(=O)[nH]c(N)nc21. The van der Waals surface area contributed by atoms with Crippen LogP contribution in [0.25, 0.3) is 10.3 Å². The average Bonchev–Trinajstić information content (AvgIpc) is 3.11. The highest BCUT2D eigenvalue weighted by Crippen LogP contribution is 2.35. The van der Waals surface area contributed by atoms with Gasteiger partial charge < -0.3 is 20.3 Å². The van der Waals surface area contributed by atoms with E-state index in [1.54, 1.807) is 6.92 Å². The number of hydrogen-bond donors (Lipinski definition) is 3. The molecule has 3 heterocycles. The Balaban J connectivity index is 1.88. The van der Waals surface area contributed by atoms with E-state index < -0.39 is 28.7 Å². The molecule has 11 heteroatoms. The van der Waals surface area contributed by atoms with Gasteiger partial charge in [-0.25, -0.2) is 0 Å². The van der Waals surface area contributed by atoms with Gasteiger partial charge in [-0.05, 0) is 19.8 Å². The molecule has 28 heavy (non-hydrogen) atoms. The van der Waals surface area contributed by atoms with Gasteiger partial charge in [-0.2, -0.15) is 4.98 Å². The molecule has 1 aliphatic rings. The largest absolute Gasteiger partial charge is 0.491 e. The zero-order chi connectivity index (χ0) is 20.4. The van der Waals surface area contributed by atoms with E-state index in [2.05, 4.69) is 16.5 Å². The standard InChI is InChI=1S/C17H22N4O6S/c1-8(2)26-10-7-9(5-3-4-6-11(22)23)27-15(10)21-13-12(28-17(21)25)14(24)20-16(18)19-13/h9-10,15H,1,3-7H2,2H3,(H,22,23)(H3,18,19,20,24)/t9-,10?,15-/m1/s1. The van der Waals surface area contributed by atoms with Gasteiger partial charge in [0.1, 0.15) is 10.8 Å². The highest BCUT2D eigenvalue weighted by molar-refractivity contribution is 7.16. The number of rotatable bonds is 8. The molecule has 0 aromatic carbocycles. The van der Waals surface area contributed by atoms with E-state index in [-0.39, 0.29) is 28.8 Å². The van der Waals surface area contributed by atoms with Gasteiger partial charge in [0.15, 0.2) is 11.9 Å². The molecular weight excluding hydrogens is 388 g/mol. The number of carboxylic acid groups (broad SMARTS) is 1. The first-order chi connectivity index (χ1) is 13.3. The summed E-state index contributed by atoms with van der Waals surface area (Å²) in [5.74, 6) is -0.452. The highest BCUT2D eigenvalue weighted by Gasteiger charge is 2.40. The van der Waals surface area contributed by atoms with Crippen molar-refractivity contribution in [2.75, 3.05) is 5.73 Å². The first-order valence-electron chi connectivity index (χ1n) is 8.86. The molecule has 1 aliphatic heterocycles. The van der Waals surface area contributed by atoms with E-state index in [0.717, 1.165) is 11.3 Å². The Bertz CT molecular complexity index is 1010. The highest BCUT2D eigenvalue weighted by atomic mass is 32.1. The molecule has 0 radical (unpaired) electrons. The normalized spacial score (nSPS) is 21.8. The summed E-state index contributed by atoms with van der Waals surface area (Å²) < 4.78 is 13.3. The maximum Gasteiger partial charge on any atom is 0.311 e. The van der Waals surface area contributed by atoms with Crippen molar-refractivity contribution < 1.29 is 19.4 Å². The molecule has 0 bridgehead atoms. The van der Waals surface area contributed by atoms with Gasteiger partial charge in [0.05, 0.1) is 11.9 Å². The Morgan fingerprint density at radius 2 is 2.25 bits per heavy atom. The number of carbonyl (C=O) groups is 1. The molecule has 152 valence electrons. The molecule has 1 unspecified atom stereocenters. The fraction of sp³-hybridized carbons (Fsp3) is 0.529. The number of nitrogen functional groups attached to an aromatic ring is 1. The molecule has 0 saturated carbocycles. The number of fused-ring (bicyclic) bond motifs is 1. The van der Waals surface area contributed by atoms with E-state index in [1.165, 1.54) is 4.57 Å². The predicted octanol–water partition coefficient (Wildman–Crippen LogP) is 1.58. The van der Waals surface area contributed by atoms with Crippen molar-refractivity contribution in [1.29, 1.82) is 0 Å². The Labute approximate surface area is 163 Å². The first-order valence-corrected chi connectivity index (χ1v) is 9.68. The molecule has 2 aromatic heterocycles. The molecule has 10 nitrogen and oxygen atoms in total. The predicted molar refractivity (Wildman–Crippen MR) is 103 cm³/mol. The summed E-state index contributed by atoms with van der Waals surface area (Å²) >= 11 is 0.770. The van der Waals surface area contributed by atoms with Crippen LogP contribution in [0.1, 0.15) is 45.3 Å². The molecule has 4 N–H and O–H groups in total. The van der Waals surface area contributed by atoms with Crippen molar-refractivity contribution in [1.82, 2.24) is 14.5 Å². The van der Waals surface area contributed by atoms with Crippen molar-refractivity contribution in [3.63, 3.8) is 0 Å². The van der Waals surface area contributed by atoms with Gasteiger partial charge in [-0.3, -0.25) is 23.9 Å². The molecule has 3 atom stereocenters. The van der Waals surface area contributed by atoms with Crippen molar-refractivity contribution in [2.45, 2.75) is 57.5 Å². The van der Waals surface area contributed by atoms with Crippen molar-refractivity contribution >= 4 is 33.6 Å². The minimum Gasteiger partial charge on any atom is -0.491 e. The second-order valence-electron chi connectivity index (χ2n) is 6.72. The summed E-state index contributed by atoms with van der Waals surface area (Å²) in [6.07, 6.45) is 0.969. The Morgan fingerprint density at radius 3 is 2.93 bits per heavy atom. The molecule has 3 rings (SSSR count). The van der Waals surface area contributed by atoms with Crippen LogP contribution in [0.5, 0.6) is 0 Å². The van der Waals surface area contributed by atoms with Gasteiger partial charge in [-0.1, -0.05) is 24.3 Å². The summed E-state index contributed by atoms with van der Waals surface area (Å²) in [7, 11) is 0. The van der Waals surface area contributed by atoms with E-state index in [0.29, 0.717) is 31.4 Å². The van der Waals surface area contributed by atoms with E-state index in [4.69, 9.17) is 20.3 Å². The molecule has 2 aromatic rings. The number of nitrogens with one attached hydrogen (secondary N) is 1. The van der Waals surface area contributed by atoms with Crippen molar-refractivity contribution in [3.05, 3.63) is 32.4 Å². The summed E-state index contributed by atoms with van der Waals surface area (Å²) in [6, 6.07) is 0. The smallest absolute Gasteiger partial charge is 0.311 e.